The van der Waals surface area contributed by atoms with Gasteiger partial charge in [-0.05, 0) is 37.5 Å². The molecule has 1 atom stereocenters. The number of benzene rings is 1. The zero-order valence-corrected chi connectivity index (χ0v) is 11.7. The number of hydrogen-bond acceptors (Lipinski definition) is 4. The minimum absolute atomic E-state index is 0.00435. The monoisotopic (exact) mass is 294 g/mol. The van der Waals surface area contributed by atoms with Crippen LogP contribution in [0.3, 0.4) is 0 Å². The van der Waals surface area contributed by atoms with Crippen LogP contribution >= 0.6 is 0 Å². The molecular formula is C13H14N2O4S. The Morgan fingerprint density at radius 3 is 2.80 bits per heavy atom. The highest BCUT2D eigenvalue weighted by Crippen LogP contribution is 2.28. The molecule has 0 spiro atoms. The summed E-state index contributed by atoms with van der Waals surface area (Å²) < 4.78 is 26.2. The molecule has 0 radical (unpaired) electrons. The predicted octanol–water partition coefficient (Wildman–Crippen LogP) is 1.10. The fourth-order valence-corrected chi connectivity index (χ4v) is 4.25. The van der Waals surface area contributed by atoms with E-state index in [1.165, 1.54) is 12.1 Å². The van der Waals surface area contributed by atoms with Gasteiger partial charge in [-0.2, -0.15) is 9.57 Å². The number of rotatable bonds is 3. The van der Waals surface area contributed by atoms with Gasteiger partial charge in [0, 0.05) is 6.54 Å². The van der Waals surface area contributed by atoms with Gasteiger partial charge in [-0.15, -0.1) is 0 Å². The number of carboxylic acid groups (broad SMARTS) is 1. The largest absolute Gasteiger partial charge is 0.480 e. The van der Waals surface area contributed by atoms with Gasteiger partial charge in [0.2, 0.25) is 10.0 Å². The van der Waals surface area contributed by atoms with Crippen LogP contribution in [0.1, 0.15) is 24.0 Å². The Balaban J connectivity index is 2.51. The average molecular weight is 294 g/mol. The predicted molar refractivity (Wildman–Crippen MR) is 70.4 cm³/mol. The molecule has 1 saturated heterocycles. The van der Waals surface area contributed by atoms with Crippen LogP contribution in [0.25, 0.3) is 0 Å². The molecule has 1 aliphatic heterocycles. The highest BCUT2D eigenvalue weighted by atomic mass is 32.2. The topological polar surface area (TPSA) is 98.5 Å². The maximum atomic E-state index is 12.6. The highest BCUT2D eigenvalue weighted by molar-refractivity contribution is 7.89. The van der Waals surface area contributed by atoms with E-state index in [1.807, 2.05) is 6.07 Å². The lowest BCUT2D eigenvalue weighted by atomic mass is 10.2. The van der Waals surface area contributed by atoms with E-state index in [2.05, 4.69) is 0 Å². The molecule has 1 aromatic carbocycles. The van der Waals surface area contributed by atoms with Crippen molar-refractivity contribution in [1.82, 2.24) is 4.31 Å². The normalized spacial score (nSPS) is 19.7. The summed E-state index contributed by atoms with van der Waals surface area (Å²) in [6, 6.07) is 5.25. The molecule has 0 bridgehead atoms. The summed E-state index contributed by atoms with van der Waals surface area (Å²) in [6.45, 7) is 1.81. The fourth-order valence-electron chi connectivity index (χ4n) is 2.35. The van der Waals surface area contributed by atoms with Crippen LogP contribution < -0.4 is 0 Å². The molecule has 20 heavy (non-hydrogen) atoms. The van der Waals surface area contributed by atoms with Crippen LogP contribution in [-0.2, 0) is 14.8 Å². The molecule has 0 amide bonds. The highest BCUT2D eigenvalue weighted by Gasteiger charge is 2.40. The Morgan fingerprint density at radius 1 is 1.50 bits per heavy atom. The van der Waals surface area contributed by atoms with Crippen molar-refractivity contribution >= 4 is 16.0 Å². The molecule has 106 valence electrons. The van der Waals surface area contributed by atoms with Crippen molar-refractivity contribution in [2.24, 2.45) is 0 Å². The smallest absolute Gasteiger partial charge is 0.322 e. The number of sulfonamides is 1. The Morgan fingerprint density at radius 2 is 2.20 bits per heavy atom. The SMILES string of the molecule is Cc1ccc(C#N)cc1S(=O)(=O)N1CCC[C@H]1C(=O)O. The molecule has 6 nitrogen and oxygen atoms in total. The van der Waals surface area contributed by atoms with Gasteiger partial charge >= 0.3 is 5.97 Å². The van der Waals surface area contributed by atoms with Crippen LogP contribution in [0.15, 0.2) is 23.1 Å². The second-order valence-electron chi connectivity index (χ2n) is 4.70. The van der Waals surface area contributed by atoms with Gasteiger partial charge < -0.3 is 5.11 Å². The molecule has 0 aromatic heterocycles. The van der Waals surface area contributed by atoms with Crippen molar-refractivity contribution in [2.45, 2.75) is 30.7 Å². The van der Waals surface area contributed by atoms with E-state index in [4.69, 9.17) is 10.4 Å². The van der Waals surface area contributed by atoms with Gasteiger partial charge in [0.25, 0.3) is 0 Å². The molecule has 1 aromatic rings. The van der Waals surface area contributed by atoms with Gasteiger partial charge in [-0.25, -0.2) is 8.42 Å². The lowest BCUT2D eigenvalue weighted by molar-refractivity contribution is -0.140. The molecule has 1 N–H and O–H groups in total. The van der Waals surface area contributed by atoms with Crippen LogP contribution in [0.4, 0.5) is 0 Å². The zero-order chi connectivity index (χ0) is 14.9. The molecule has 1 fully saturated rings. The first kappa shape index (κ1) is 14.5. The summed E-state index contributed by atoms with van der Waals surface area (Å²) >= 11 is 0. The van der Waals surface area contributed by atoms with E-state index in [0.29, 0.717) is 18.4 Å². The molecule has 0 saturated carbocycles. The van der Waals surface area contributed by atoms with Crippen molar-refractivity contribution in [3.63, 3.8) is 0 Å². The third-order valence-corrected chi connectivity index (χ3v) is 5.44. The van der Waals surface area contributed by atoms with Gasteiger partial charge in [-0.1, -0.05) is 6.07 Å². The first-order chi connectivity index (χ1) is 9.37. The number of carbonyl (C=O) groups is 1. The van der Waals surface area contributed by atoms with Gasteiger partial charge in [0.05, 0.1) is 16.5 Å². The Hall–Kier alpha value is -1.91. The molecule has 0 unspecified atom stereocenters. The van der Waals surface area contributed by atoms with Crippen LogP contribution in [-0.4, -0.2) is 36.4 Å². The van der Waals surface area contributed by atoms with Gasteiger partial charge in [0.1, 0.15) is 6.04 Å². The molecule has 1 aliphatic rings. The molecule has 0 aliphatic carbocycles. The third-order valence-electron chi connectivity index (χ3n) is 3.39. The summed E-state index contributed by atoms with van der Waals surface area (Å²) in [6.07, 6.45) is 0.832. The standard InChI is InChI=1S/C13H14N2O4S/c1-9-4-5-10(8-14)7-12(9)20(18,19)15-6-2-3-11(15)13(16)17/h4-5,7,11H,2-3,6H2,1H3,(H,16,17)/t11-/m0/s1. The maximum Gasteiger partial charge on any atom is 0.322 e. The third kappa shape index (κ3) is 2.40. The summed E-state index contributed by atoms with van der Waals surface area (Å²) in [5.41, 5.74) is 0.736. The summed E-state index contributed by atoms with van der Waals surface area (Å²) in [5, 5.41) is 18.0. The number of hydrogen-bond donors (Lipinski definition) is 1. The second kappa shape index (κ2) is 5.23. The van der Waals surface area contributed by atoms with E-state index in [1.54, 1.807) is 13.0 Å². The van der Waals surface area contributed by atoms with Gasteiger partial charge in [-0.3, -0.25) is 4.79 Å². The van der Waals surface area contributed by atoms with Gasteiger partial charge in [0.15, 0.2) is 0 Å². The van der Waals surface area contributed by atoms with Crippen LogP contribution in [0.2, 0.25) is 0 Å². The average Bonchev–Trinajstić information content (AvgIpc) is 2.89. The van der Waals surface area contributed by atoms with E-state index in [0.717, 1.165) is 4.31 Å². The molecule has 1 heterocycles. The first-order valence-electron chi connectivity index (χ1n) is 6.13. The molecule has 7 heteroatoms. The van der Waals surface area contributed by atoms with E-state index in [9.17, 15) is 13.2 Å². The van der Waals surface area contributed by atoms with E-state index in [-0.39, 0.29) is 17.0 Å². The fraction of sp³-hybridized carbons (Fsp3) is 0.385. The van der Waals surface area contributed by atoms with Crippen molar-refractivity contribution < 1.29 is 18.3 Å². The summed E-state index contributed by atoms with van der Waals surface area (Å²) in [5.74, 6) is -1.14. The molecule has 2 rings (SSSR count). The zero-order valence-electron chi connectivity index (χ0n) is 10.9. The van der Waals surface area contributed by atoms with Crippen LogP contribution in [0, 0.1) is 18.3 Å². The van der Waals surface area contributed by atoms with Crippen molar-refractivity contribution in [1.29, 1.82) is 5.26 Å². The van der Waals surface area contributed by atoms with Crippen molar-refractivity contribution in [3.8, 4) is 6.07 Å². The van der Waals surface area contributed by atoms with Crippen molar-refractivity contribution in [2.75, 3.05) is 6.54 Å². The number of nitrogens with zero attached hydrogens (tertiary/aromatic N) is 2. The summed E-state index contributed by atoms with van der Waals surface area (Å²) in [7, 11) is -3.89. The molecular weight excluding hydrogens is 280 g/mol. The first-order valence-corrected chi connectivity index (χ1v) is 7.57. The lowest BCUT2D eigenvalue weighted by Crippen LogP contribution is -2.40. The Labute approximate surface area is 117 Å². The van der Waals surface area contributed by atoms with E-state index >= 15 is 0 Å². The minimum atomic E-state index is -3.89. The summed E-state index contributed by atoms with van der Waals surface area (Å²) in [4.78, 5) is 11.1. The Bertz CT molecular complexity index is 691. The maximum absolute atomic E-state index is 12.6. The minimum Gasteiger partial charge on any atom is -0.480 e. The van der Waals surface area contributed by atoms with Crippen molar-refractivity contribution in [3.05, 3.63) is 29.3 Å². The second-order valence-corrected chi connectivity index (χ2v) is 6.56. The lowest BCUT2D eigenvalue weighted by Gasteiger charge is -2.22. The number of aliphatic carboxylic acids is 1. The van der Waals surface area contributed by atoms with Crippen LogP contribution in [0.5, 0.6) is 0 Å². The number of nitriles is 1. The number of carboxylic acids is 1. The number of aryl methyl sites for hydroxylation is 1. The van der Waals surface area contributed by atoms with E-state index < -0.39 is 22.0 Å². The Kier molecular flexibility index (Phi) is 3.79. The quantitative estimate of drug-likeness (QED) is 0.900.